The van der Waals surface area contributed by atoms with E-state index in [2.05, 4.69) is 15.0 Å². The number of aromatic amines is 1. The zero-order chi connectivity index (χ0) is 19.3. The maximum absolute atomic E-state index is 12.5. The van der Waals surface area contributed by atoms with Crippen LogP contribution in [-0.2, 0) is 16.6 Å². The van der Waals surface area contributed by atoms with E-state index in [0.29, 0.717) is 11.2 Å². The first kappa shape index (κ1) is 17.4. The summed E-state index contributed by atoms with van der Waals surface area (Å²) in [6, 6.07) is 6.93. The molecular weight excluding hydrogens is 366 g/mol. The SMILES string of the molecule is Cc1cc2ncc3[nH]c(=O)n(Cc4ccc(S(N)(=O)=O)cn4)c3c2cc1C. The number of hydrogen-bond donors (Lipinski definition) is 2. The fourth-order valence-electron chi connectivity index (χ4n) is 3.09. The van der Waals surface area contributed by atoms with E-state index in [-0.39, 0.29) is 17.1 Å². The minimum Gasteiger partial charge on any atom is -0.304 e. The predicted octanol–water partition coefficient (Wildman–Crippen LogP) is 1.59. The van der Waals surface area contributed by atoms with E-state index < -0.39 is 10.0 Å². The number of aryl methyl sites for hydroxylation is 2. The molecule has 0 spiro atoms. The molecule has 0 bridgehead atoms. The summed E-state index contributed by atoms with van der Waals surface area (Å²) in [5, 5.41) is 5.97. The highest BCUT2D eigenvalue weighted by Gasteiger charge is 2.14. The lowest BCUT2D eigenvalue weighted by molar-refractivity contribution is 0.597. The Balaban J connectivity index is 1.88. The van der Waals surface area contributed by atoms with Gasteiger partial charge in [0.25, 0.3) is 0 Å². The quantitative estimate of drug-likeness (QED) is 0.556. The van der Waals surface area contributed by atoms with Gasteiger partial charge in [-0.15, -0.1) is 0 Å². The molecule has 138 valence electrons. The van der Waals surface area contributed by atoms with E-state index in [4.69, 9.17) is 5.14 Å². The summed E-state index contributed by atoms with van der Waals surface area (Å²) < 4.78 is 24.3. The molecule has 4 rings (SSSR count). The van der Waals surface area contributed by atoms with Gasteiger partial charge in [0.15, 0.2) is 0 Å². The van der Waals surface area contributed by atoms with Crippen molar-refractivity contribution in [1.29, 1.82) is 0 Å². The normalized spacial score (nSPS) is 12.1. The lowest BCUT2D eigenvalue weighted by Gasteiger charge is -2.08. The number of imidazole rings is 1. The third kappa shape index (κ3) is 3.00. The van der Waals surface area contributed by atoms with Gasteiger partial charge in [0.2, 0.25) is 10.0 Å². The number of nitrogens with one attached hydrogen (secondary N) is 1. The van der Waals surface area contributed by atoms with Crippen molar-refractivity contribution in [1.82, 2.24) is 19.5 Å². The third-order valence-corrected chi connectivity index (χ3v) is 5.56. The smallest absolute Gasteiger partial charge is 0.304 e. The number of pyridine rings is 2. The zero-order valence-corrected chi connectivity index (χ0v) is 15.5. The molecule has 3 heterocycles. The van der Waals surface area contributed by atoms with Crippen LogP contribution in [0, 0.1) is 13.8 Å². The molecule has 3 aromatic heterocycles. The summed E-state index contributed by atoms with van der Waals surface area (Å²) in [4.78, 5) is 23.8. The van der Waals surface area contributed by atoms with Crippen LogP contribution in [-0.4, -0.2) is 27.9 Å². The largest absolute Gasteiger partial charge is 0.326 e. The topological polar surface area (TPSA) is 124 Å². The molecule has 0 radical (unpaired) electrons. The number of nitrogens with two attached hydrogens (primary N) is 1. The van der Waals surface area contributed by atoms with E-state index in [0.717, 1.165) is 27.5 Å². The predicted molar refractivity (Wildman–Crippen MR) is 102 cm³/mol. The van der Waals surface area contributed by atoms with Crippen LogP contribution in [0.2, 0.25) is 0 Å². The fourth-order valence-corrected chi connectivity index (χ4v) is 3.55. The number of rotatable bonds is 3. The molecule has 0 aliphatic carbocycles. The molecule has 0 saturated heterocycles. The second-order valence-corrected chi connectivity index (χ2v) is 8.08. The van der Waals surface area contributed by atoms with Crippen molar-refractivity contribution in [3.63, 3.8) is 0 Å². The van der Waals surface area contributed by atoms with E-state index >= 15 is 0 Å². The Kier molecular flexibility index (Phi) is 3.86. The van der Waals surface area contributed by atoms with Crippen LogP contribution in [0.15, 0.2) is 46.3 Å². The van der Waals surface area contributed by atoms with Crippen molar-refractivity contribution in [2.45, 2.75) is 25.3 Å². The number of H-pyrrole nitrogens is 1. The monoisotopic (exact) mass is 383 g/mol. The number of nitrogens with zero attached hydrogens (tertiary/aromatic N) is 3. The van der Waals surface area contributed by atoms with Crippen molar-refractivity contribution >= 4 is 32.0 Å². The maximum atomic E-state index is 12.5. The van der Waals surface area contributed by atoms with E-state index in [9.17, 15) is 13.2 Å². The molecule has 0 saturated carbocycles. The average molecular weight is 383 g/mol. The zero-order valence-electron chi connectivity index (χ0n) is 14.7. The van der Waals surface area contributed by atoms with Crippen molar-refractivity contribution in [3.8, 4) is 0 Å². The molecule has 8 nitrogen and oxygen atoms in total. The second-order valence-electron chi connectivity index (χ2n) is 6.52. The van der Waals surface area contributed by atoms with Gasteiger partial charge in [0, 0.05) is 11.6 Å². The van der Waals surface area contributed by atoms with E-state index in [1.165, 1.54) is 12.3 Å². The van der Waals surface area contributed by atoms with Gasteiger partial charge in [-0.3, -0.25) is 14.5 Å². The maximum Gasteiger partial charge on any atom is 0.326 e. The van der Waals surface area contributed by atoms with Gasteiger partial charge >= 0.3 is 5.69 Å². The average Bonchev–Trinajstić information content (AvgIpc) is 2.92. The highest BCUT2D eigenvalue weighted by molar-refractivity contribution is 7.89. The van der Waals surface area contributed by atoms with Crippen molar-refractivity contribution in [3.05, 3.63) is 64.0 Å². The number of fused-ring (bicyclic) bond motifs is 3. The molecule has 0 unspecified atom stereocenters. The Morgan fingerprint density at radius 1 is 1.11 bits per heavy atom. The number of primary sulfonamides is 1. The Hall–Kier alpha value is -3.04. The highest BCUT2D eigenvalue weighted by atomic mass is 32.2. The number of hydrogen-bond acceptors (Lipinski definition) is 5. The minimum atomic E-state index is -3.81. The summed E-state index contributed by atoms with van der Waals surface area (Å²) in [7, 11) is -3.81. The first-order valence-electron chi connectivity index (χ1n) is 8.20. The summed E-state index contributed by atoms with van der Waals surface area (Å²) in [6.45, 7) is 4.22. The van der Waals surface area contributed by atoms with Crippen LogP contribution < -0.4 is 10.8 Å². The van der Waals surface area contributed by atoms with Crippen molar-refractivity contribution < 1.29 is 8.42 Å². The number of aromatic nitrogens is 4. The molecule has 27 heavy (non-hydrogen) atoms. The van der Waals surface area contributed by atoms with Gasteiger partial charge in [0.05, 0.1) is 35.0 Å². The van der Waals surface area contributed by atoms with Gasteiger partial charge < -0.3 is 4.98 Å². The molecule has 9 heteroatoms. The van der Waals surface area contributed by atoms with Crippen LogP contribution in [0.5, 0.6) is 0 Å². The first-order chi connectivity index (χ1) is 12.7. The molecule has 0 aliphatic rings. The Labute approximate surface area is 154 Å². The fraction of sp³-hybridized carbons (Fsp3) is 0.167. The molecule has 1 aromatic carbocycles. The first-order valence-corrected chi connectivity index (χ1v) is 9.75. The summed E-state index contributed by atoms with van der Waals surface area (Å²) >= 11 is 0. The molecule has 0 amide bonds. The summed E-state index contributed by atoms with van der Waals surface area (Å²) in [5.74, 6) is 0. The molecule has 0 atom stereocenters. The van der Waals surface area contributed by atoms with Crippen molar-refractivity contribution in [2.75, 3.05) is 0 Å². The minimum absolute atomic E-state index is 0.0710. The lowest BCUT2D eigenvalue weighted by atomic mass is 10.1. The van der Waals surface area contributed by atoms with Gasteiger partial charge in [-0.05, 0) is 49.2 Å². The van der Waals surface area contributed by atoms with Gasteiger partial charge in [-0.1, -0.05) is 0 Å². The third-order valence-electron chi connectivity index (χ3n) is 4.66. The van der Waals surface area contributed by atoms with Crippen LogP contribution >= 0.6 is 0 Å². The van der Waals surface area contributed by atoms with Crippen LogP contribution in [0.3, 0.4) is 0 Å². The summed E-state index contributed by atoms with van der Waals surface area (Å²) in [6.07, 6.45) is 2.83. The molecule has 0 aliphatic heterocycles. The van der Waals surface area contributed by atoms with Gasteiger partial charge in [-0.25, -0.2) is 18.4 Å². The van der Waals surface area contributed by atoms with Crippen molar-refractivity contribution in [2.24, 2.45) is 5.14 Å². The van der Waals surface area contributed by atoms with E-state index in [1.54, 1.807) is 16.8 Å². The van der Waals surface area contributed by atoms with Crippen LogP contribution in [0.25, 0.3) is 21.9 Å². The molecule has 4 aromatic rings. The number of benzene rings is 1. The Morgan fingerprint density at radius 2 is 1.85 bits per heavy atom. The van der Waals surface area contributed by atoms with Gasteiger partial charge in [0.1, 0.15) is 4.90 Å². The summed E-state index contributed by atoms with van der Waals surface area (Å²) in [5.41, 5.74) is 4.67. The molecular formula is C18H17N5O3S. The highest BCUT2D eigenvalue weighted by Crippen LogP contribution is 2.25. The lowest BCUT2D eigenvalue weighted by Crippen LogP contribution is -2.18. The van der Waals surface area contributed by atoms with E-state index in [1.807, 2.05) is 26.0 Å². The molecule has 3 N–H and O–H groups in total. The van der Waals surface area contributed by atoms with Crippen LogP contribution in [0.4, 0.5) is 0 Å². The Morgan fingerprint density at radius 3 is 2.52 bits per heavy atom. The Bertz CT molecular complexity index is 1350. The molecule has 0 fully saturated rings. The number of sulfonamides is 1. The second kappa shape index (κ2) is 6.00. The van der Waals surface area contributed by atoms with Crippen LogP contribution in [0.1, 0.15) is 16.8 Å². The standard InChI is InChI=1S/C18H17N5O3S/c1-10-5-14-15(6-11(10)2)21-8-16-17(14)23(18(24)22-16)9-12-3-4-13(7-20-12)27(19,25)26/h3-8H,9H2,1-2H3,(H,22,24)(H2,19,25,26). The van der Waals surface area contributed by atoms with Gasteiger partial charge in [-0.2, -0.15) is 0 Å².